The number of carbonyl (C=O) groups excluding carboxylic acids is 1. The van der Waals surface area contributed by atoms with Gasteiger partial charge in [-0.2, -0.15) is 18.3 Å². The van der Waals surface area contributed by atoms with E-state index < -0.39 is 11.9 Å². The summed E-state index contributed by atoms with van der Waals surface area (Å²) in [5.41, 5.74) is -0.211. The number of likely N-dealkylation sites (tertiary alicyclic amines) is 1. The van der Waals surface area contributed by atoms with Crippen LogP contribution in [-0.4, -0.2) is 45.4 Å². The van der Waals surface area contributed by atoms with Crippen molar-refractivity contribution in [2.75, 3.05) is 19.7 Å². The van der Waals surface area contributed by atoms with Crippen molar-refractivity contribution < 1.29 is 23.1 Å². The Balaban J connectivity index is 1.64. The standard InChI is InChI=1S/C17H24F3N3O2/c1-3-11(8-24)15(25)23-9-16(10-23)5-4-12(7-16)13-6-14(17(18,19)20)21-22(13)2/h6,11-12,24H,3-5,7-10H2,1-2H3/t11-,12?/m1/s1. The maximum absolute atomic E-state index is 12.8. The van der Waals surface area contributed by atoms with E-state index in [1.165, 1.54) is 4.68 Å². The number of rotatable bonds is 4. The van der Waals surface area contributed by atoms with Gasteiger partial charge >= 0.3 is 6.18 Å². The van der Waals surface area contributed by atoms with Gasteiger partial charge in [-0.25, -0.2) is 0 Å². The molecule has 2 heterocycles. The number of aromatic nitrogens is 2. The predicted octanol–water partition coefficient (Wildman–Crippen LogP) is 2.55. The summed E-state index contributed by atoms with van der Waals surface area (Å²) < 4.78 is 39.9. The molecule has 5 nitrogen and oxygen atoms in total. The molecule has 140 valence electrons. The Morgan fingerprint density at radius 1 is 1.48 bits per heavy atom. The average molecular weight is 359 g/mol. The van der Waals surface area contributed by atoms with E-state index in [0.717, 1.165) is 25.3 Å². The first-order valence-corrected chi connectivity index (χ1v) is 8.70. The second-order valence-electron chi connectivity index (χ2n) is 7.50. The molecule has 8 heteroatoms. The molecule has 1 aliphatic carbocycles. The number of nitrogens with zero attached hydrogens (tertiary/aromatic N) is 3. The summed E-state index contributed by atoms with van der Waals surface area (Å²) in [6.07, 6.45) is -1.31. The molecule has 2 fully saturated rings. The molecule has 1 aliphatic heterocycles. The molecule has 1 aromatic heterocycles. The topological polar surface area (TPSA) is 58.4 Å². The van der Waals surface area contributed by atoms with Crippen molar-refractivity contribution in [2.45, 2.75) is 44.7 Å². The van der Waals surface area contributed by atoms with Crippen LogP contribution >= 0.6 is 0 Å². The quantitative estimate of drug-likeness (QED) is 0.899. The van der Waals surface area contributed by atoms with Crippen LogP contribution in [0.15, 0.2) is 6.07 Å². The van der Waals surface area contributed by atoms with Gasteiger partial charge in [-0.05, 0) is 31.7 Å². The maximum atomic E-state index is 12.8. The fourth-order valence-corrected chi connectivity index (χ4v) is 4.31. The minimum absolute atomic E-state index is 0.0107. The molecule has 1 saturated heterocycles. The van der Waals surface area contributed by atoms with Crippen molar-refractivity contribution in [1.82, 2.24) is 14.7 Å². The third-order valence-electron chi connectivity index (χ3n) is 5.75. The highest BCUT2D eigenvalue weighted by molar-refractivity contribution is 5.80. The molecule has 1 unspecified atom stereocenters. The monoisotopic (exact) mass is 359 g/mol. The predicted molar refractivity (Wildman–Crippen MR) is 84.7 cm³/mol. The van der Waals surface area contributed by atoms with Gasteiger partial charge in [0.1, 0.15) is 0 Å². The normalized spacial score (nSPS) is 23.8. The molecule has 0 aromatic carbocycles. The molecular formula is C17H24F3N3O2. The van der Waals surface area contributed by atoms with E-state index in [0.29, 0.717) is 25.2 Å². The zero-order valence-corrected chi connectivity index (χ0v) is 14.5. The van der Waals surface area contributed by atoms with Crippen LogP contribution in [0.25, 0.3) is 0 Å². The summed E-state index contributed by atoms with van der Waals surface area (Å²) in [7, 11) is 1.55. The van der Waals surface area contributed by atoms with Crippen LogP contribution in [0.1, 0.15) is 49.9 Å². The largest absolute Gasteiger partial charge is 0.435 e. The first-order chi connectivity index (χ1) is 11.7. The van der Waals surface area contributed by atoms with E-state index in [1.807, 2.05) is 6.92 Å². The number of aryl methyl sites for hydroxylation is 1. The third kappa shape index (κ3) is 3.28. The second kappa shape index (κ2) is 6.30. The van der Waals surface area contributed by atoms with Crippen LogP contribution in [0, 0.1) is 11.3 Å². The van der Waals surface area contributed by atoms with Gasteiger partial charge in [0.2, 0.25) is 5.91 Å². The lowest BCUT2D eigenvalue weighted by atomic mass is 9.76. The summed E-state index contributed by atoms with van der Waals surface area (Å²) >= 11 is 0. The van der Waals surface area contributed by atoms with E-state index in [-0.39, 0.29) is 29.8 Å². The smallest absolute Gasteiger partial charge is 0.396 e. The summed E-state index contributed by atoms with van der Waals surface area (Å²) in [4.78, 5) is 14.0. The number of amides is 1. The van der Waals surface area contributed by atoms with Crippen LogP contribution in [0.5, 0.6) is 0 Å². The van der Waals surface area contributed by atoms with E-state index in [9.17, 15) is 23.1 Å². The molecule has 1 aromatic rings. The number of alkyl halides is 3. The van der Waals surface area contributed by atoms with Gasteiger partial charge in [0.05, 0.1) is 12.5 Å². The average Bonchev–Trinajstić information content (AvgIpc) is 3.10. The van der Waals surface area contributed by atoms with Gasteiger partial charge in [0, 0.05) is 37.2 Å². The molecule has 2 atom stereocenters. The molecule has 1 amide bonds. The van der Waals surface area contributed by atoms with Crippen molar-refractivity contribution in [3.63, 3.8) is 0 Å². The van der Waals surface area contributed by atoms with Gasteiger partial charge < -0.3 is 10.0 Å². The van der Waals surface area contributed by atoms with Crippen LogP contribution in [0.2, 0.25) is 0 Å². The van der Waals surface area contributed by atoms with Gasteiger partial charge in [-0.1, -0.05) is 6.92 Å². The SMILES string of the molecule is CC[C@H](CO)C(=O)N1CC2(CCC(c3cc(C(F)(F)F)nn3C)C2)C1. The lowest BCUT2D eigenvalue weighted by molar-refractivity contribution is -0.149. The number of hydrogen-bond donors (Lipinski definition) is 1. The summed E-state index contributed by atoms with van der Waals surface area (Å²) in [5, 5.41) is 12.9. The Morgan fingerprint density at radius 2 is 2.16 bits per heavy atom. The molecule has 1 spiro atoms. The van der Waals surface area contributed by atoms with E-state index in [2.05, 4.69) is 5.10 Å². The van der Waals surface area contributed by atoms with Crippen LogP contribution < -0.4 is 0 Å². The summed E-state index contributed by atoms with van der Waals surface area (Å²) in [6, 6.07) is 1.16. The highest BCUT2D eigenvalue weighted by atomic mass is 19.4. The minimum Gasteiger partial charge on any atom is -0.396 e. The van der Waals surface area contributed by atoms with Crippen molar-refractivity contribution >= 4 is 5.91 Å². The third-order valence-corrected chi connectivity index (χ3v) is 5.75. The maximum Gasteiger partial charge on any atom is 0.435 e. The summed E-state index contributed by atoms with van der Waals surface area (Å²) in [5.74, 6) is -0.314. The number of halogens is 3. The second-order valence-corrected chi connectivity index (χ2v) is 7.50. The molecule has 1 saturated carbocycles. The van der Waals surface area contributed by atoms with Gasteiger partial charge in [-0.15, -0.1) is 0 Å². The molecule has 2 aliphatic rings. The number of aliphatic hydroxyl groups is 1. The number of carbonyl (C=O) groups is 1. The molecule has 25 heavy (non-hydrogen) atoms. The number of hydrogen-bond acceptors (Lipinski definition) is 3. The van der Waals surface area contributed by atoms with Gasteiger partial charge in [-0.3, -0.25) is 9.48 Å². The van der Waals surface area contributed by atoms with E-state index in [1.54, 1.807) is 11.9 Å². The Labute approximate surface area is 144 Å². The lowest BCUT2D eigenvalue weighted by Gasteiger charge is -2.49. The molecular weight excluding hydrogens is 335 g/mol. The van der Waals surface area contributed by atoms with Gasteiger partial charge in [0.25, 0.3) is 0 Å². The Bertz CT molecular complexity index is 646. The Kier molecular flexibility index (Phi) is 4.59. The van der Waals surface area contributed by atoms with Crippen molar-refractivity contribution in [3.8, 4) is 0 Å². The first-order valence-electron chi connectivity index (χ1n) is 8.70. The van der Waals surface area contributed by atoms with Crippen molar-refractivity contribution in [1.29, 1.82) is 0 Å². The van der Waals surface area contributed by atoms with Crippen LogP contribution in [0.3, 0.4) is 0 Å². The first kappa shape index (κ1) is 18.2. The van der Waals surface area contributed by atoms with E-state index in [4.69, 9.17) is 0 Å². The zero-order valence-electron chi connectivity index (χ0n) is 14.5. The highest BCUT2D eigenvalue weighted by Gasteiger charge is 2.51. The molecule has 0 bridgehead atoms. The Hall–Kier alpha value is -1.57. The minimum atomic E-state index is -4.43. The molecule has 0 radical (unpaired) electrons. The van der Waals surface area contributed by atoms with Crippen LogP contribution in [0.4, 0.5) is 13.2 Å². The zero-order chi connectivity index (χ0) is 18.4. The van der Waals surface area contributed by atoms with Gasteiger partial charge in [0.15, 0.2) is 5.69 Å². The van der Waals surface area contributed by atoms with Crippen molar-refractivity contribution in [3.05, 3.63) is 17.5 Å². The molecule has 3 rings (SSSR count). The number of aliphatic hydroxyl groups excluding tert-OH is 1. The lowest BCUT2D eigenvalue weighted by Crippen LogP contribution is -2.58. The summed E-state index contributed by atoms with van der Waals surface area (Å²) in [6.45, 7) is 3.02. The highest BCUT2D eigenvalue weighted by Crippen LogP contribution is 2.52. The van der Waals surface area contributed by atoms with Crippen LogP contribution in [-0.2, 0) is 18.0 Å². The fraction of sp³-hybridized carbons (Fsp3) is 0.765. The van der Waals surface area contributed by atoms with E-state index >= 15 is 0 Å². The van der Waals surface area contributed by atoms with Crippen molar-refractivity contribution in [2.24, 2.45) is 18.4 Å². The Morgan fingerprint density at radius 3 is 2.68 bits per heavy atom. The fourth-order valence-electron chi connectivity index (χ4n) is 4.31. The molecule has 1 N–H and O–H groups in total.